The molecule has 0 aliphatic carbocycles. The fraction of sp³-hybridized carbons (Fsp3) is 0.438. The second-order valence-electron chi connectivity index (χ2n) is 5.51. The summed E-state index contributed by atoms with van der Waals surface area (Å²) in [5, 5.41) is 2.56. The number of carbonyl (C=O) groups is 1. The van der Waals surface area contributed by atoms with Crippen LogP contribution in [0.4, 0.5) is 13.6 Å². The molecular weight excluding hydrogens is 276 g/mol. The molecule has 0 radical (unpaired) electrons. The zero-order chi connectivity index (χ0) is 16.0. The number of carbonyl (C=O) groups excluding carboxylic acids is 1. The zero-order valence-corrected chi connectivity index (χ0v) is 12.6. The molecule has 1 N–H and O–H groups in total. The molecule has 0 unspecified atom stereocenters. The fourth-order valence-corrected chi connectivity index (χ4v) is 1.49. The Balaban J connectivity index is 2.48. The molecule has 1 amide bonds. The summed E-state index contributed by atoms with van der Waals surface area (Å²) in [5.74, 6) is 3.79. The largest absolute Gasteiger partial charge is 0.444 e. The highest BCUT2D eigenvalue weighted by Crippen LogP contribution is 2.14. The topological polar surface area (TPSA) is 38.3 Å². The molecule has 3 nitrogen and oxygen atoms in total. The maximum absolute atomic E-state index is 13.3. The van der Waals surface area contributed by atoms with Crippen LogP contribution in [0.5, 0.6) is 0 Å². The minimum Gasteiger partial charge on any atom is -0.444 e. The summed E-state index contributed by atoms with van der Waals surface area (Å²) in [6.45, 7) is 7.13. The normalized spacial score (nSPS) is 10.6. The molecule has 0 aliphatic heterocycles. The van der Waals surface area contributed by atoms with Crippen molar-refractivity contribution in [1.82, 2.24) is 5.32 Å². The lowest BCUT2D eigenvalue weighted by atomic mass is 10.1. The quantitative estimate of drug-likeness (QED) is 0.669. The molecule has 0 atom stereocenters. The first-order valence-corrected chi connectivity index (χ1v) is 6.61. The van der Waals surface area contributed by atoms with Gasteiger partial charge in [-0.2, -0.15) is 0 Å². The van der Waals surface area contributed by atoms with Crippen molar-refractivity contribution in [2.24, 2.45) is 0 Å². The van der Waals surface area contributed by atoms with Gasteiger partial charge in [0.25, 0.3) is 0 Å². The van der Waals surface area contributed by atoms with Crippen molar-refractivity contribution in [3.05, 3.63) is 34.9 Å². The lowest BCUT2D eigenvalue weighted by Crippen LogP contribution is -2.32. The van der Waals surface area contributed by atoms with Gasteiger partial charge in [0.15, 0.2) is 11.6 Å². The Morgan fingerprint density at radius 2 is 2.00 bits per heavy atom. The van der Waals surface area contributed by atoms with Gasteiger partial charge in [-0.25, -0.2) is 13.6 Å². The summed E-state index contributed by atoms with van der Waals surface area (Å²) in [6, 6.07) is 2.48. The van der Waals surface area contributed by atoms with E-state index in [0.717, 1.165) is 6.07 Å². The Hall–Kier alpha value is -2.09. The highest BCUT2D eigenvalue weighted by atomic mass is 19.2. The maximum Gasteiger partial charge on any atom is 0.407 e. The monoisotopic (exact) mass is 295 g/mol. The minimum absolute atomic E-state index is 0.183. The summed E-state index contributed by atoms with van der Waals surface area (Å²) in [5.41, 5.74) is 0.0761. The molecule has 5 heteroatoms. The average molecular weight is 295 g/mol. The van der Waals surface area contributed by atoms with Crippen molar-refractivity contribution >= 4 is 6.09 Å². The molecule has 0 spiro atoms. The number of halogens is 2. The van der Waals surface area contributed by atoms with Gasteiger partial charge in [-0.15, -0.1) is 0 Å². The smallest absolute Gasteiger partial charge is 0.407 e. The lowest BCUT2D eigenvalue weighted by Gasteiger charge is -2.19. The second-order valence-corrected chi connectivity index (χ2v) is 5.51. The molecule has 114 valence electrons. The van der Waals surface area contributed by atoms with Crippen molar-refractivity contribution < 1.29 is 18.3 Å². The average Bonchev–Trinajstić information content (AvgIpc) is 2.36. The van der Waals surface area contributed by atoms with Crippen LogP contribution in [0.25, 0.3) is 0 Å². The number of hydrogen-bond acceptors (Lipinski definition) is 2. The summed E-state index contributed by atoms with van der Waals surface area (Å²) < 4.78 is 31.3. The maximum atomic E-state index is 13.3. The van der Waals surface area contributed by atoms with Gasteiger partial charge in [0.05, 0.1) is 0 Å². The van der Waals surface area contributed by atoms with Gasteiger partial charge in [0, 0.05) is 24.1 Å². The SMILES string of the molecule is Cc1c(C#CCCNC(=O)OC(C)(C)C)ccc(F)c1F. The van der Waals surface area contributed by atoms with Crippen LogP contribution in [0.1, 0.15) is 38.3 Å². The zero-order valence-electron chi connectivity index (χ0n) is 12.6. The standard InChI is InChI=1S/C16H19F2NO2/c1-11-12(8-9-13(17)14(11)18)7-5-6-10-19-15(20)21-16(2,3)4/h8-9H,6,10H2,1-4H3,(H,19,20). The van der Waals surface area contributed by atoms with Crippen LogP contribution < -0.4 is 5.32 Å². The number of rotatable bonds is 2. The van der Waals surface area contributed by atoms with E-state index in [1.165, 1.54) is 13.0 Å². The van der Waals surface area contributed by atoms with Crippen LogP contribution in [-0.4, -0.2) is 18.2 Å². The molecule has 0 heterocycles. The van der Waals surface area contributed by atoms with Gasteiger partial charge in [-0.1, -0.05) is 11.8 Å². The van der Waals surface area contributed by atoms with Crippen molar-refractivity contribution in [3.8, 4) is 11.8 Å². The third-order valence-corrected chi connectivity index (χ3v) is 2.48. The third kappa shape index (κ3) is 5.82. The van der Waals surface area contributed by atoms with E-state index in [1.807, 2.05) is 0 Å². The Labute approximate surface area is 123 Å². The molecular formula is C16H19F2NO2. The highest BCUT2D eigenvalue weighted by Gasteiger charge is 2.15. The first-order valence-electron chi connectivity index (χ1n) is 6.61. The third-order valence-electron chi connectivity index (χ3n) is 2.48. The van der Waals surface area contributed by atoms with E-state index in [4.69, 9.17) is 4.74 Å². The molecule has 0 aliphatic rings. The predicted octanol–water partition coefficient (Wildman–Crippen LogP) is 3.54. The van der Waals surface area contributed by atoms with Gasteiger partial charge < -0.3 is 10.1 Å². The lowest BCUT2D eigenvalue weighted by molar-refractivity contribution is 0.0529. The Morgan fingerprint density at radius 1 is 1.33 bits per heavy atom. The molecule has 0 saturated heterocycles. The van der Waals surface area contributed by atoms with Crippen LogP contribution in [-0.2, 0) is 4.74 Å². The van der Waals surface area contributed by atoms with Crippen molar-refractivity contribution in [3.63, 3.8) is 0 Å². The molecule has 0 saturated carbocycles. The van der Waals surface area contributed by atoms with Crippen LogP contribution >= 0.6 is 0 Å². The van der Waals surface area contributed by atoms with Gasteiger partial charge in [-0.3, -0.25) is 0 Å². The van der Waals surface area contributed by atoms with Gasteiger partial charge >= 0.3 is 6.09 Å². The first-order chi connectivity index (χ1) is 9.70. The summed E-state index contributed by atoms with van der Waals surface area (Å²) in [4.78, 5) is 11.4. The number of ether oxygens (including phenoxy) is 1. The van der Waals surface area contributed by atoms with E-state index >= 15 is 0 Å². The van der Waals surface area contributed by atoms with Crippen LogP contribution in [0.3, 0.4) is 0 Å². The number of hydrogen-bond donors (Lipinski definition) is 1. The number of amides is 1. The van der Waals surface area contributed by atoms with Crippen molar-refractivity contribution in [1.29, 1.82) is 0 Å². The number of benzene rings is 1. The molecule has 0 fully saturated rings. The van der Waals surface area contributed by atoms with E-state index in [0.29, 0.717) is 18.5 Å². The Bertz CT molecular complexity index is 580. The van der Waals surface area contributed by atoms with Gasteiger partial charge in [0.1, 0.15) is 5.60 Å². The van der Waals surface area contributed by atoms with Crippen LogP contribution in [0.2, 0.25) is 0 Å². The second kappa shape index (κ2) is 7.07. The van der Waals surface area contributed by atoms with E-state index in [1.54, 1.807) is 20.8 Å². The Morgan fingerprint density at radius 3 is 2.62 bits per heavy atom. The van der Waals surface area contributed by atoms with Gasteiger partial charge in [0.2, 0.25) is 0 Å². The van der Waals surface area contributed by atoms with Crippen molar-refractivity contribution in [2.75, 3.05) is 6.54 Å². The predicted molar refractivity (Wildman–Crippen MR) is 76.8 cm³/mol. The molecule has 0 aromatic heterocycles. The van der Waals surface area contributed by atoms with Crippen molar-refractivity contribution in [2.45, 2.75) is 39.7 Å². The Kier molecular flexibility index (Phi) is 5.71. The summed E-state index contributed by atoms with van der Waals surface area (Å²) in [6.07, 6.45) is -0.120. The van der Waals surface area contributed by atoms with E-state index in [2.05, 4.69) is 17.2 Å². The van der Waals surface area contributed by atoms with E-state index in [9.17, 15) is 13.6 Å². The molecule has 21 heavy (non-hydrogen) atoms. The number of nitrogens with one attached hydrogen (secondary N) is 1. The van der Waals surface area contributed by atoms with Gasteiger partial charge in [-0.05, 0) is 39.8 Å². The fourth-order valence-electron chi connectivity index (χ4n) is 1.49. The molecule has 1 aromatic carbocycles. The molecule has 1 aromatic rings. The molecule has 0 bridgehead atoms. The van der Waals surface area contributed by atoms with Crippen LogP contribution in [0, 0.1) is 30.4 Å². The number of alkyl carbamates (subject to hydrolysis) is 1. The highest BCUT2D eigenvalue weighted by molar-refractivity contribution is 5.67. The van der Waals surface area contributed by atoms with E-state index < -0.39 is 23.3 Å². The molecule has 1 rings (SSSR count). The summed E-state index contributed by atoms with van der Waals surface area (Å²) in [7, 11) is 0. The van der Waals surface area contributed by atoms with E-state index in [-0.39, 0.29) is 5.56 Å². The van der Waals surface area contributed by atoms with Crippen LogP contribution in [0.15, 0.2) is 12.1 Å². The minimum atomic E-state index is -0.885. The summed E-state index contributed by atoms with van der Waals surface area (Å²) >= 11 is 0. The first kappa shape index (κ1) is 17.0.